The van der Waals surface area contributed by atoms with Crippen LogP contribution in [0, 0.1) is 0 Å². The van der Waals surface area contributed by atoms with Crippen molar-refractivity contribution in [2.24, 2.45) is 0 Å². The molecule has 0 N–H and O–H groups in total. The lowest BCUT2D eigenvalue weighted by atomic mass is 9.99. The minimum Gasteiger partial charge on any atom is -0.465 e. The average Bonchev–Trinajstić information content (AvgIpc) is 2.58. The highest BCUT2D eigenvalue weighted by molar-refractivity contribution is 5.89. The van der Waals surface area contributed by atoms with E-state index in [1.807, 2.05) is 40.7 Å². The Morgan fingerprint density at radius 2 is 1.80 bits per heavy atom. The molecule has 0 aromatic heterocycles. The first kappa shape index (κ1) is 23.0. The van der Waals surface area contributed by atoms with Crippen LogP contribution in [0.15, 0.2) is 24.3 Å². The zero-order chi connectivity index (χ0) is 19.6. The lowest BCUT2D eigenvalue weighted by molar-refractivity contribution is 0.0211. The van der Waals surface area contributed by atoms with Crippen LogP contribution in [0.3, 0.4) is 0 Å². The van der Waals surface area contributed by atoms with Crippen LogP contribution < -0.4 is 0 Å². The number of methoxy groups -OCH3 is 1. The molecule has 0 spiro atoms. The fraction of sp³-hybridized carbons (Fsp3) is 0.600. The average molecular weight is 351 g/mol. The Bertz CT molecular complexity index is 549. The normalized spacial score (nSPS) is 11.7. The van der Waals surface area contributed by atoms with E-state index in [4.69, 9.17) is 9.47 Å². The Hall–Kier alpha value is -2.04. The van der Waals surface area contributed by atoms with Crippen molar-refractivity contribution in [3.8, 4) is 0 Å². The second-order valence-electron chi connectivity index (χ2n) is 6.51. The molecule has 1 atom stereocenters. The van der Waals surface area contributed by atoms with Gasteiger partial charge in [0, 0.05) is 7.05 Å². The Morgan fingerprint density at radius 3 is 2.28 bits per heavy atom. The number of carbonyl (C=O) groups excluding carboxylic acids is 2. The van der Waals surface area contributed by atoms with Gasteiger partial charge in [-0.05, 0) is 44.9 Å². The van der Waals surface area contributed by atoms with Gasteiger partial charge in [-0.1, -0.05) is 39.3 Å². The van der Waals surface area contributed by atoms with Crippen molar-refractivity contribution in [2.45, 2.75) is 66.0 Å². The Labute approximate surface area is 152 Å². The van der Waals surface area contributed by atoms with E-state index in [9.17, 15) is 9.59 Å². The summed E-state index contributed by atoms with van der Waals surface area (Å²) in [4.78, 5) is 25.6. The molecule has 0 saturated heterocycles. The highest BCUT2D eigenvalue weighted by atomic mass is 16.6. The molecule has 0 aliphatic rings. The van der Waals surface area contributed by atoms with Crippen LogP contribution in [0.4, 0.5) is 4.79 Å². The molecule has 25 heavy (non-hydrogen) atoms. The monoisotopic (exact) mass is 351 g/mol. The third-order valence-electron chi connectivity index (χ3n) is 3.40. The third kappa shape index (κ3) is 7.59. The van der Waals surface area contributed by atoms with Crippen molar-refractivity contribution in [2.75, 3.05) is 14.2 Å². The largest absolute Gasteiger partial charge is 0.465 e. The van der Waals surface area contributed by atoms with Gasteiger partial charge in [-0.2, -0.15) is 0 Å². The Balaban J connectivity index is 0.00000277. The third-order valence-corrected chi connectivity index (χ3v) is 3.40. The molecule has 0 heterocycles. The minimum absolute atomic E-state index is 0.153. The highest BCUT2D eigenvalue weighted by Crippen LogP contribution is 2.27. The summed E-state index contributed by atoms with van der Waals surface area (Å²) in [5, 5.41) is 0. The minimum atomic E-state index is -0.546. The maximum atomic E-state index is 12.3. The van der Waals surface area contributed by atoms with Gasteiger partial charge in [-0.15, -0.1) is 0 Å². The number of amides is 1. The number of hydrogen-bond acceptors (Lipinski definition) is 4. The standard InChI is InChI=1S/C18H27NO4.C2H6/c1-7-9-15(19(5)17(21)23-18(2,3)4)13-10-8-11-14(12-13)16(20)22-6;1-2/h8,10-12,15H,7,9H2,1-6H3;1-2H3. The van der Waals surface area contributed by atoms with Gasteiger partial charge in [0.1, 0.15) is 5.60 Å². The molecule has 1 aromatic rings. The first-order valence-corrected chi connectivity index (χ1v) is 8.83. The molecule has 0 fully saturated rings. The molecule has 0 saturated carbocycles. The van der Waals surface area contributed by atoms with Crippen molar-refractivity contribution in [1.82, 2.24) is 4.90 Å². The van der Waals surface area contributed by atoms with Crippen LogP contribution in [-0.2, 0) is 9.47 Å². The second kappa shape index (κ2) is 10.7. The van der Waals surface area contributed by atoms with Crippen LogP contribution in [0.2, 0.25) is 0 Å². The molecule has 0 bridgehead atoms. The Kier molecular flexibility index (Phi) is 9.87. The number of esters is 1. The van der Waals surface area contributed by atoms with Crippen molar-refractivity contribution in [1.29, 1.82) is 0 Å². The summed E-state index contributed by atoms with van der Waals surface area (Å²) >= 11 is 0. The molecule has 5 heteroatoms. The maximum absolute atomic E-state index is 12.3. The molecular formula is C20H33NO4. The maximum Gasteiger partial charge on any atom is 0.410 e. The molecule has 0 radical (unpaired) electrons. The van der Waals surface area contributed by atoms with Crippen LogP contribution in [0.5, 0.6) is 0 Å². The summed E-state index contributed by atoms with van der Waals surface area (Å²) in [6.07, 6.45) is 1.31. The van der Waals surface area contributed by atoms with E-state index in [0.717, 1.165) is 18.4 Å². The summed E-state index contributed by atoms with van der Waals surface area (Å²) in [5.74, 6) is -0.387. The van der Waals surface area contributed by atoms with Gasteiger partial charge in [0.15, 0.2) is 0 Å². The summed E-state index contributed by atoms with van der Waals surface area (Å²) in [5.41, 5.74) is 0.822. The lowest BCUT2D eigenvalue weighted by Crippen LogP contribution is -2.36. The zero-order valence-corrected chi connectivity index (χ0v) is 16.9. The molecule has 0 aliphatic heterocycles. The number of nitrogens with zero attached hydrogens (tertiary/aromatic N) is 1. The van der Waals surface area contributed by atoms with Crippen molar-refractivity contribution in [3.05, 3.63) is 35.4 Å². The lowest BCUT2D eigenvalue weighted by Gasteiger charge is -2.31. The van der Waals surface area contributed by atoms with Gasteiger partial charge in [-0.3, -0.25) is 0 Å². The molecule has 5 nitrogen and oxygen atoms in total. The van der Waals surface area contributed by atoms with Gasteiger partial charge in [-0.25, -0.2) is 9.59 Å². The smallest absolute Gasteiger partial charge is 0.410 e. The second-order valence-corrected chi connectivity index (χ2v) is 6.51. The van der Waals surface area contributed by atoms with Gasteiger partial charge >= 0.3 is 12.1 Å². The molecular weight excluding hydrogens is 318 g/mol. The predicted molar refractivity (Wildman–Crippen MR) is 101 cm³/mol. The fourth-order valence-electron chi connectivity index (χ4n) is 2.31. The zero-order valence-electron chi connectivity index (χ0n) is 16.9. The fourth-order valence-corrected chi connectivity index (χ4v) is 2.31. The van der Waals surface area contributed by atoms with Crippen LogP contribution in [0.25, 0.3) is 0 Å². The number of ether oxygens (including phenoxy) is 2. The molecule has 1 amide bonds. The number of rotatable bonds is 5. The van der Waals surface area contributed by atoms with Gasteiger partial charge < -0.3 is 14.4 Å². The summed E-state index contributed by atoms with van der Waals surface area (Å²) in [6.45, 7) is 11.6. The number of benzene rings is 1. The predicted octanol–water partition coefficient (Wildman–Crippen LogP) is 5.21. The van der Waals surface area contributed by atoms with Crippen LogP contribution >= 0.6 is 0 Å². The molecule has 1 rings (SSSR count). The summed E-state index contributed by atoms with van der Waals surface area (Å²) in [6, 6.07) is 7.03. The van der Waals surface area contributed by atoms with E-state index >= 15 is 0 Å². The molecule has 1 unspecified atom stereocenters. The quantitative estimate of drug-likeness (QED) is 0.684. The molecule has 1 aromatic carbocycles. The van der Waals surface area contributed by atoms with E-state index in [2.05, 4.69) is 6.92 Å². The van der Waals surface area contributed by atoms with Crippen LogP contribution in [0.1, 0.15) is 76.3 Å². The van der Waals surface area contributed by atoms with E-state index in [1.165, 1.54) is 7.11 Å². The van der Waals surface area contributed by atoms with Crippen molar-refractivity contribution < 1.29 is 19.1 Å². The highest BCUT2D eigenvalue weighted by Gasteiger charge is 2.26. The topological polar surface area (TPSA) is 55.8 Å². The van der Waals surface area contributed by atoms with E-state index in [-0.39, 0.29) is 18.1 Å². The number of hydrogen-bond donors (Lipinski definition) is 0. The number of carbonyl (C=O) groups is 2. The van der Waals surface area contributed by atoms with E-state index in [0.29, 0.717) is 5.56 Å². The molecule has 142 valence electrons. The van der Waals surface area contributed by atoms with Gasteiger partial charge in [0.05, 0.1) is 18.7 Å². The SMILES string of the molecule is CC.CCCC(c1cccc(C(=O)OC)c1)N(C)C(=O)OC(C)(C)C. The van der Waals surface area contributed by atoms with Crippen molar-refractivity contribution in [3.63, 3.8) is 0 Å². The van der Waals surface area contributed by atoms with Gasteiger partial charge in [0.2, 0.25) is 0 Å². The first-order valence-electron chi connectivity index (χ1n) is 8.83. The first-order chi connectivity index (χ1) is 11.7. The summed E-state index contributed by atoms with van der Waals surface area (Å²) < 4.78 is 10.2. The van der Waals surface area contributed by atoms with E-state index in [1.54, 1.807) is 30.1 Å². The van der Waals surface area contributed by atoms with E-state index < -0.39 is 5.60 Å². The van der Waals surface area contributed by atoms with Gasteiger partial charge in [0.25, 0.3) is 0 Å². The summed E-state index contributed by atoms with van der Waals surface area (Å²) in [7, 11) is 3.07. The van der Waals surface area contributed by atoms with Crippen LogP contribution in [-0.4, -0.2) is 36.7 Å². The molecule has 0 aliphatic carbocycles. The Morgan fingerprint density at radius 1 is 1.20 bits per heavy atom. The van der Waals surface area contributed by atoms with Crippen molar-refractivity contribution >= 4 is 12.1 Å².